The van der Waals surface area contributed by atoms with Gasteiger partial charge in [-0.25, -0.2) is 0 Å². The van der Waals surface area contributed by atoms with Crippen LogP contribution in [0.3, 0.4) is 0 Å². The Bertz CT molecular complexity index is 596. The van der Waals surface area contributed by atoms with Crippen molar-refractivity contribution in [2.45, 2.75) is 25.6 Å². The monoisotopic (exact) mass is 276 g/mol. The molecular weight excluding hydrogens is 260 g/mol. The zero-order valence-electron chi connectivity index (χ0n) is 10.8. The lowest BCUT2D eigenvalue weighted by Gasteiger charge is -2.23. The number of fused-ring (bicyclic) bond motifs is 1. The molecular formula is C16H17ClO2. The summed E-state index contributed by atoms with van der Waals surface area (Å²) in [5.74, 6) is 0.379. The minimum absolute atomic E-state index is 0.121. The molecule has 1 aliphatic rings. The third kappa shape index (κ3) is 2.25. The van der Waals surface area contributed by atoms with Crippen LogP contribution < -0.4 is 0 Å². The highest BCUT2D eigenvalue weighted by Gasteiger charge is 2.32. The summed E-state index contributed by atoms with van der Waals surface area (Å²) in [6.45, 7) is 2.85. The predicted octanol–water partition coefficient (Wildman–Crippen LogP) is 3.95. The molecule has 0 aromatic heterocycles. The number of ether oxygens (including phenoxy) is 1. The maximum Gasteiger partial charge on any atom is 0.106 e. The van der Waals surface area contributed by atoms with Crippen LogP contribution in [-0.4, -0.2) is 17.8 Å². The van der Waals surface area contributed by atoms with E-state index in [2.05, 4.69) is 6.92 Å². The summed E-state index contributed by atoms with van der Waals surface area (Å²) in [4.78, 5) is 0. The molecule has 1 heterocycles. The smallest absolute Gasteiger partial charge is 0.106 e. The van der Waals surface area contributed by atoms with Gasteiger partial charge in [-0.15, -0.1) is 0 Å². The van der Waals surface area contributed by atoms with Gasteiger partial charge in [0.05, 0.1) is 6.10 Å². The average molecular weight is 277 g/mol. The summed E-state index contributed by atoms with van der Waals surface area (Å²) in [5, 5.41) is 13.3. The van der Waals surface area contributed by atoms with Gasteiger partial charge in [-0.3, -0.25) is 0 Å². The molecule has 3 rings (SSSR count). The van der Waals surface area contributed by atoms with Gasteiger partial charge in [-0.1, -0.05) is 48.9 Å². The van der Waals surface area contributed by atoms with Crippen molar-refractivity contribution in [3.63, 3.8) is 0 Å². The van der Waals surface area contributed by atoms with Crippen LogP contribution >= 0.6 is 11.6 Å². The van der Waals surface area contributed by atoms with Crippen LogP contribution in [0.5, 0.6) is 0 Å². The van der Waals surface area contributed by atoms with Gasteiger partial charge in [-0.2, -0.15) is 0 Å². The van der Waals surface area contributed by atoms with E-state index in [1.165, 1.54) is 0 Å². The maximum atomic E-state index is 10.6. The molecule has 2 aromatic rings. The number of hydrogen-bond acceptors (Lipinski definition) is 2. The van der Waals surface area contributed by atoms with E-state index in [0.717, 1.165) is 29.4 Å². The molecule has 3 heteroatoms. The van der Waals surface area contributed by atoms with Crippen molar-refractivity contribution in [2.24, 2.45) is 5.92 Å². The number of benzene rings is 2. The summed E-state index contributed by atoms with van der Waals surface area (Å²) < 4.78 is 5.68. The Balaban J connectivity index is 2.07. The topological polar surface area (TPSA) is 29.5 Å². The minimum atomic E-state index is -0.598. The second-order valence-electron chi connectivity index (χ2n) is 5.23. The van der Waals surface area contributed by atoms with E-state index >= 15 is 0 Å². The summed E-state index contributed by atoms with van der Waals surface area (Å²) in [7, 11) is 0. The number of rotatable bonds is 2. The number of halogens is 1. The lowest BCUT2D eigenvalue weighted by atomic mass is 9.92. The normalized spacial score (nSPS) is 24.8. The van der Waals surface area contributed by atoms with Crippen LogP contribution in [0.2, 0.25) is 5.02 Å². The van der Waals surface area contributed by atoms with Crippen LogP contribution in [0.25, 0.3) is 10.8 Å². The van der Waals surface area contributed by atoms with E-state index in [4.69, 9.17) is 16.3 Å². The van der Waals surface area contributed by atoms with Gasteiger partial charge in [-0.05, 0) is 29.4 Å². The first kappa shape index (κ1) is 12.9. The summed E-state index contributed by atoms with van der Waals surface area (Å²) in [6.07, 6.45) is 0.289. The average Bonchev–Trinajstić information content (AvgIpc) is 2.85. The van der Waals surface area contributed by atoms with Gasteiger partial charge in [0.25, 0.3) is 0 Å². The molecule has 1 fully saturated rings. The lowest BCUT2D eigenvalue weighted by molar-refractivity contribution is -0.0171. The first-order valence-corrected chi connectivity index (χ1v) is 7.03. The van der Waals surface area contributed by atoms with Gasteiger partial charge in [0.15, 0.2) is 0 Å². The van der Waals surface area contributed by atoms with Gasteiger partial charge in [0, 0.05) is 17.0 Å². The van der Waals surface area contributed by atoms with Crippen molar-refractivity contribution >= 4 is 22.4 Å². The summed E-state index contributed by atoms with van der Waals surface area (Å²) in [6, 6.07) is 11.7. The minimum Gasteiger partial charge on any atom is -0.386 e. The molecule has 1 N–H and O–H groups in total. The summed E-state index contributed by atoms with van der Waals surface area (Å²) >= 11 is 6.21. The second kappa shape index (κ2) is 5.12. The number of aliphatic hydroxyl groups is 1. The molecule has 19 heavy (non-hydrogen) atoms. The van der Waals surface area contributed by atoms with Crippen molar-refractivity contribution in [3.8, 4) is 0 Å². The van der Waals surface area contributed by atoms with E-state index in [1.807, 2.05) is 36.4 Å². The fourth-order valence-electron chi connectivity index (χ4n) is 2.84. The molecule has 3 atom stereocenters. The first-order valence-electron chi connectivity index (χ1n) is 6.65. The quantitative estimate of drug-likeness (QED) is 0.900. The number of hydrogen-bond donors (Lipinski definition) is 1. The van der Waals surface area contributed by atoms with Crippen LogP contribution in [0.15, 0.2) is 36.4 Å². The molecule has 2 aromatic carbocycles. The molecule has 0 radical (unpaired) electrons. The van der Waals surface area contributed by atoms with Crippen LogP contribution in [-0.2, 0) is 4.74 Å². The van der Waals surface area contributed by atoms with Gasteiger partial charge in [0.1, 0.15) is 6.10 Å². The van der Waals surface area contributed by atoms with Crippen molar-refractivity contribution < 1.29 is 9.84 Å². The highest BCUT2D eigenvalue weighted by molar-refractivity contribution is 6.35. The van der Waals surface area contributed by atoms with Crippen molar-refractivity contribution in [1.29, 1.82) is 0 Å². The van der Waals surface area contributed by atoms with E-state index in [0.29, 0.717) is 10.9 Å². The van der Waals surface area contributed by atoms with E-state index < -0.39 is 6.10 Å². The highest BCUT2D eigenvalue weighted by atomic mass is 35.5. The standard InChI is InChI=1S/C16H17ClO2/c1-10-8-9-19-16(10)15(18)13-6-7-14(17)12-5-3-2-4-11(12)13/h2-7,10,15-16,18H,8-9H2,1H3. The molecule has 0 aliphatic carbocycles. The van der Waals surface area contributed by atoms with Crippen LogP contribution in [0.1, 0.15) is 25.0 Å². The predicted molar refractivity (Wildman–Crippen MR) is 77.4 cm³/mol. The van der Waals surface area contributed by atoms with E-state index in [9.17, 15) is 5.11 Å². The Morgan fingerprint density at radius 1 is 1.21 bits per heavy atom. The molecule has 3 unspecified atom stereocenters. The molecule has 0 saturated carbocycles. The van der Waals surface area contributed by atoms with Crippen molar-refractivity contribution in [3.05, 3.63) is 47.0 Å². The Morgan fingerprint density at radius 3 is 2.63 bits per heavy atom. The molecule has 0 spiro atoms. The maximum absolute atomic E-state index is 10.6. The largest absolute Gasteiger partial charge is 0.386 e. The van der Waals surface area contributed by atoms with Crippen LogP contribution in [0.4, 0.5) is 0 Å². The molecule has 0 bridgehead atoms. The van der Waals surface area contributed by atoms with Crippen LogP contribution in [0, 0.1) is 5.92 Å². The fourth-order valence-corrected chi connectivity index (χ4v) is 3.07. The first-order chi connectivity index (χ1) is 9.18. The Morgan fingerprint density at radius 2 is 1.95 bits per heavy atom. The van der Waals surface area contributed by atoms with Crippen molar-refractivity contribution in [2.75, 3.05) is 6.61 Å². The Hall–Kier alpha value is -1.09. The highest BCUT2D eigenvalue weighted by Crippen LogP contribution is 2.36. The van der Waals surface area contributed by atoms with E-state index in [-0.39, 0.29) is 6.10 Å². The molecule has 1 aliphatic heterocycles. The third-order valence-corrected chi connectivity index (χ3v) is 4.31. The van der Waals surface area contributed by atoms with Crippen molar-refractivity contribution in [1.82, 2.24) is 0 Å². The van der Waals surface area contributed by atoms with Gasteiger partial charge in [0.2, 0.25) is 0 Å². The molecule has 100 valence electrons. The summed E-state index contributed by atoms with van der Waals surface area (Å²) in [5.41, 5.74) is 0.902. The lowest BCUT2D eigenvalue weighted by Crippen LogP contribution is -2.23. The van der Waals surface area contributed by atoms with Gasteiger partial charge < -0.3 is 9.84 Å². The molecule has 1 saturated heterocycles. The fraction of sp³-hybridized carbons (Fsp3) is 0.375. The zero-order valence-corrected chi connectivity index (χ0v) is 11.6. The zero-order chi connectivity index (χ0) is 13.4. The Labute approximate surface area is 118 Å². The van der Waals surface area contributed by atoms with Gasteiger partial charge >= 0.3 is 0 Å². The third-order valence-electron chi connectivity index (χ3n) is 3.98. The Kier molecular flexibility index (Phi) is 3.48. The second-order valence-corrected chi connectivity index (χ2v) is 5.64. The molecule has 2 nitrogen and oxygen atoms in total. The number of aliphatic hydroxyl groups excluding tert-OH is 1. The molecule has 0 amide bonds. The SMILES string of the molecule is CC1CCOC1C(O)c1ccc(Cl)c2ccccc12. The van der Waals surface area contributed by atoms with E-state index in [1.54, 1.807) is 0 Å².